The van der Waals surface area contributed by atoms with Crippen LogP contribution in [0.2, 0.25) is 0 Å². The number of hydrogen-bond acceptors (Lipinski definition) is 5. The van der Waals surface area contributed by atoms with E-state index in [0.29, 0.717) is 28.1 Å². The molecule has 1 N–H and O–H groups in total. The first-order valence-corrected chi connectivity index (χ1v) is 7.57. The highest BCUT2D eigenvalue weighted by Crippen LogP contribution is 2.34. The van der Waals surface area contributed by atoms with Crippen molar-refractivity contribution >= 4 is 51.9 Å². The molecule has 0 atom stereocenters. The van der Waals surface area contributed by atoms with Crippen LogP contribution in [0.5, 0.6) is 5.75 Å². The number of carbonyl (C=O) groups excluding carboxylic acids is 2. The summed E-state index contributed by atoms with van der Waals surface area (Å²) in [6.45, 7) is 2.54. The average molecular weight is 320 g/mol. The van der Waals surface area contributed by atoms with E-state index in [2.05, 4.69) is 5.32 Å². The summed E-state index contributed by atoms with van der Waals surface area (Å²) in [5.41, 5.74) is 1.56. The Morgan fingerprint density at radius 3 is 3.00 bits per heavy atom. The van der Waals surface area contributed by atoms with Gasteiger partial charge in [-0.25, -0.2) is 0 Å². The molecule has 0 radical (unpaired) electrons. The van der Waals surface area contributed by atoms with Crippen LogP contribution in [0.4, 0.5) is 5.69 Å². The topological polar surface area (TPSA) is 58.6 Å². The minimum atomic E-state index is -0.192. The molecule has 1 fully saturated rings. The van der Waals surface area contributed by atoms with Crippen LogP contribution >= 0.6 is 24.0 Å². The molecule has 1 saturated heterocycles. The second-order valence-corrected chi connectivity index (χ2v) is 6.32. The van der Waals surface area contributed by atoms with Crippen molar-refractivity contribution < 1.29 is 14.3 Å². The van der Waals surface area contributed by atoms with Crippen LogP contribution in [0.25, 0.3) is 6.08 Å². The van der Waals surface area contributed by atoms with E-state index in [1.807, 2.05) is 18.2 Å². The molecule has 0 bridgehead atoms. The third-order valence-corrected chi connectivity index (χ3v) is 4.33. The van der Waals surface area contributed by atoms with Gasteiger partial charge < -0.3 is 15.0 Å². The fraction of sp³-hybridized carbons (Fsp3) is 0.214. The van der Waals surface area contributed by atoms with Crippen LogP contribution in [0.3, 0.4) is 0 Å². The number of amides is 2. The Morgan fingerprint density at radius 2 is 2.33 bits per heavy atom. The van der Waals surface area contributed by atoms with Crippen molar-refractivity contribution in [3.63, 3.8) is 0 Å². The van der Waals surface area contributed by atoms with Gasteiger partial charge in [-0.05, 0) is 23.8 Å². The first kappa shape index (κ1) is 14.1. The number of carbonyl (C=O) groups is 2. The summed E-state index contributed by atoms with van der Waals surface area (Å²) >= 11 is 6.19. The van der Waals surface area contributed by atoms with E-state index in [0.717, 1.165) is 11.3 Å². The summed E-state index contributed by atoms with van der Waals surface area (Å²) in [5.74, 6) is 0.457. The molecule has 2 aliphatic rings. The Morgan fingerprint density at radius 1 is 1.52 bits per heavy atom. The van der Waals surface area contributed by atoms with Crippen molar-refractivity contribution in [3.8, 4) is 5.75 Å². The first-order valence-electron chi connectivity index (χ1n) is 6.34. The lowest BCUT2D eigenvalue weighted by atomic mass is 10.1. The molecule has 0 saturated carbocycles. The number of rotatable bonds is 1. The molecule has 5 nitrogen and oxygen atoms in total. The van der Waals surface area contributed by atoms with Crippen LogP contribution < -0.4 is 15.0 Å². The average Bonchev–Trinajstić information content (AvgIpc) is 2.76. The highest BCUT2D eigenvalue weighted by atomic mass is 32.2. The third kappa shape index (κ3) is 2.79. The molecule has 3 rings (SSSR count). The van der Waals surface area contributed by atoms with Gasteiger partial charge >= 0.3 is 0 Å². The summed E-state index contributed by atoms with van der Waals surface area (Å²) < 4.78 is 6.00. The van der Waals surface area contributed by atoms with Gasteiger partial charge in [-0.2, -0.15) is 0 Å². The minimum absolute atomic E-state index is 0.0292. The molecule has 2 amide bonds. The number of benzene rings is 1. The predicted molar refractivity (Wildman–Crippen MR) is 86.3 cm³/mol. The summed E-state index contributed by atoms with van der Waals surface area (Å²) in [7, 11) is 0. The van der Waals surface area contributed by atoms with Gasteiger partial charge in [0.1, 0.15) is 16.7 Å². The van der Waals surface area contributed by atoms with Crippen molar-refractivity contribution in [2.75, 3.05) is 18.1 Å². The van der Waals surface area contributed by atoms with Crippen LogP contribution in [0.1, 0.15) is 12.5 Å². The summed E-state index contributed by atoms with van der Waals surface area (Å²) in [6.07, 6.45) is 1.76. The number of anilines is 1. The minimum Gasteiger partial charge on any atom is -0.490 e. The molecule has 1 aromatic rings. The smallest absolute Gasteiger partial charge is 0.263 e. The third-order valence-electron chi connectivity index (χ3n) is 3.17. The highest BCUT2D eigenvalue weighted by molar-refractivity contribution is 8.26. The number of thiocarbonyl (C=S) groups is 1. The lowest BCUT2D eigenvalue weighted by Crippen LogP contribution is -2.36. The number of thioether (sulfide) groups is 1. The van der Waals surface area contributed by atoms with E-state index < -0.39 is 0 Å². The molecule has 0 spiro atoms. The van der Waals surface area contributed by atoms with E-state index in [1.54, 1.807) is 11.0 Å². The molecule has 2 heterocycles. The monoisotopic (exact) mass is 320 g/mol. The van der Waals surface area contributed by atoms with Crippen molar-refractivity contribution in [1.82, 2.24) is 5.32 Å². The van der Waals surface area contributed by atoms with Crippen LogP contribution in [-0.2, 0) is 9.59 Å². The maximum atomic E-state index is 11.7. The lowest BCUT2D eigenvalue weighted by Gasteiger charge is -2.28. The SMILES string of the molecule is CC(=O)N1CCOc2ccc(C=C3SC(=S)NC3=O)cc21. The van der Waals surface area contributed by atoms with Gasteiger partial charge in [0.15, 0.2) is 0 Å². The van der Waals surface area contributed by atoms with E-state index in [9.17, 15) is 9.59 Å². The molecule has 1 aromatic carbocycles. The van der Waals surface area contributed by atoms with Crippen LogP contribution in [-0.4, -0.2) is 29.3 Å². The fourth-order valence-electron chi connectivity index (χ4n) is 2.22. The van der Waals surface area contributed by atoms with Gasteiger partial charge in [-0.1, -0.05) is 30.0 Å². The molecular formula is C14H12N2O3S2. The maximum absolute atomic E-state index is 11.7. The second kappa shape index (κ2) is 5.50. The van der Waals surface area contributed by atoms with Gasteiger partial charge in [0, 0.05) is 6.92 Å². The Kier molecular flexibility index (Phi) is 3.69. The second-order valence-electron chi connectivity index (χ2n) is 4.60. The van der Waals surface area contributed by atoms with Gasteiger partial charge in [-0.15, -0.1) is 0 Å². The number of hydrogen-bond donors (Lipinski definition) is 1. The van der Waals surface area contributed by atoms with Gasteiger partial charge in [-0.3, -0.25) is 9.59 Å². The van der Waals surface area contributed by atoms with E-state index in [4.69, 9.17) is 17.0 Å². The van der Waals surface area contributed by atoms with Crippen molar-refractivity contribution in [3.05, 3.63) is 28.7 Å². The number of ether oxygens (including phenoxy) is 1. The number of nitrogens with one attached hydrogen (secondary N) is 1. The van der Waals surface area contributed by atoms with E-state index in [-0.39, 0.29) is 11.8 Å². The molecule has 2 aliphatic heterocycles. The van der Waals surface area contributed by atoms with Crippen molar-refractivity contribution in [1.29, 1.82) is 0 Å². The number of fused-ring (bicyclic) bond motifs is 1. The quantitative estimate of drug-likeness (QED) is 0.633. The molecule has 0 aromatic heterocycles. The zero-order valence-corrected chi connectivity index (χ0v) is 12.8. The molecule has 7 heteroatoms. The zero-order chi connectivity index (χ0) is 15.0. The predicted octanol–water partition coefficient (Wildman–Crippen LogP) is 1.92. The normalized spacial score (nSPS) is 19.3. The molecule has 108 valence electrons. The van der Waals surface area contributed by atoms with Gasteiger partial charge in [0.25, 0.3) is 5.91 Å². The largest absolute Gasteiger partial charge is 0.490 e. The van der Waals surface area contributed by atoms with Crippen LogP contribution in [0.15, 0.2) is 23.1 Å². The van der Waals surface area contributed by atoms with Gasteiger partial charge in [0.05, 0.1) is 17.1 Å². The van der Waals surface area contributed by atoms with Crippen molar-refractivity contribution in [2.24, 2.45) is 0 Å². The molecular weight excluding hydrogens is 308 g/mol. The Bertz CT molecular complexity index is 685. The van der Waals surface area contributed by atoms with E-state index in [1.165, 1.54) is 18.7 Å². The van der Waals surface area contributed by atoms with Crippen molar-refractivity contribution in [2.45, 2.75) is 6.92 Å². The summed E-state index contributed by atoms with van der Waals surface area (Å²) in [4.78, 5) is 25.6. The summed E-state index contributed by atoms with van der Waals surface area (Å²) in [6, 6.07) is 5.51. The Hall–Kier alpha value is -1.86. The summed E-state index contributed by atoms with van der Waals surface area (Å²) in [5, 5.41) is 2.57. The van der Waals surface area contributed by atoms with Crippen LogP contribution in [0, 0.1) is 0 Å². The standard InChI is InChI=1S/C14H12N2O3S2/c1-8(17)16-4-5-19-11-3-2-9(6-10(11)16)7-12-13(18)15-14(20)21-12/h2-3,6-7H,4-5H2,1H3,(H,15,18,20). The first-order chi connectivity index (χ1) is 10.0. The molecule has 21 heavy (non-hydrogen) atoms. The highest BCUT2D eigenvalue weighted by Gasteiger charge is 2.24. The zero-order valence-electron chi connectivity index (χ0n) is 11.2. The lowest BCUT2D eigenvalue weighted by molar-refractivity contribution is -0.117. The van der Waals surface area contributed by atoms with E-state index >= 15 is 0 Å². The molecule has 0 aliphatic carbocycles. The Labute approximate surface area is 131 Å². The fourth-order valence-corrected chi connectivity index (χ4v) is 3.27. The molecule has 0 unspecified atom stereocenters. The van der Waals surface area contributed by atoms with Gasteiger partial charge in [0.2, 0.25) is 5.91 Å². The number of nitrogens with zero attached hydrogens (tertiary/aromatic N) is 1. The Balaban J connectivity index is 1.97. The maximum Gasteiger partial charge on any atom is 0.263 e.